The lowest BCUT2D eigenvalue weighted by atomic mass is 10.2. The molecule has 10 nitrogen and oxygen atoms in total. The van der Waals surface area contributed by atoms with Crippen molar-refractivity contribution in [1.29, 1.82) is 0 Å². The number of para-hydroxylation sites is 1. The molecule has 0 aliphatic carbocycles. The van der Waals surface area contributed by atoms with Gasteiger partial charge in [0.05, 0.1) is 23.4 Å². The molecule has 0 amide bonds. The van der Waals surface area contributed by atoms with Gasteiger partial charge in [-0.2, -0.15) is 4.98 Å². The van der Waals surface area contributed by atoms with Crippen molar-refractivity contribution in [3.63, 3.8) is 0 Å². The molecular weight excluding hydrogens is 454 g/mol. The molecule has 1 saturated heterocycles. The predicted molar refractivity (Wildman–Crippen MR) is 133 cm³/mol. The monoisotopic (exact) mass is 483 g/mol. The predicted octanol–water partition coefficient (Wildman–Crippen LogP) is 2.91. The molecule has 1 fully saturated rings. The number of likely N-dealkylation sites (N-methyl/N-ethyl adjacent to an activating group) is 1. The van der Waals surface area contributed by atoms with Crippen LogP contribution in [0.1, 0.15) is 6.42 Å². The number of benzene rings is 2. The van der Waals surface area contributed by atoms with Crippen molar-refractivity contribution in [3.8, 4) is 5.75 Å². The molecular formula is C23H29N7O3S. The summed E-state index contributed by atoms with van der Waals surface area (Å²) in [5, 5.41) is 6.14. The van der Waals surface area contributed by atoms with E-state index in [4.69, 9.17) is 4.74 Å². The van der Waals surface area contributed by atoms with Gasteiger partial charge in [0.15, 0.2) is 9.84 Å². The fraction of sp³-hybridized carbons (Fsp3) is 0.348. The summed E-state index contributed by atoms with van der Waals surface area (Å²) in [5.74, 6) is 1.20. The second-order valence-corrected chi connectivity index (χ2v) is 10.2. The van der Waals surface area contributed by atoms with E-state index in [1.54, 1.807) is 25.3 Å². The van der Waals surface area contributed by atoms with Crippen molar-refractivity contribution in [2.45, 2.75) is 11.3 Å². The van der Waals surface area contributed by atoms with Crippen LogP contribution in [-0.2, 0) is 9.84 Å². The van der Waals surface area contributed by atoms with Crippen molar-refractivity contribution < 1.29 is 13.2 Å². The summed E-state index contributed by atoms with van der Waals surface area (Å²) in [6.07, 6.45) is 3.63. The fourth-order valence-electron chi connectivity index (χ4n) is 3.84. The minimum absolute atomic E-state index is 0.168. The fourth-order valence-corrected chi connectivity index (χ4v) is 4.68. The van der Waals surface area contributed by atoms with Crippen molar-refractivity contribution >= 4 is 38.8 Å². The van der Waals surface area contributed by atoms with Crippen LogP contribution in [0.5, 0.6) is 5.75 Å². The Bertz CT molecular complexity index is 1250. The van der Waals surface area contributed by atoms with Crippen LogP contribution in [0.3, 0.4) is 0 Å². The molecule has 34 heavy (non-hydrogen) atoms. The Balaban J connectivity index is 1.53. The number of aromatic nitrogens is 3. The topological polar surface area (TPSA) is 113 Å². The number of hydrogen-bond donors (Lipinski definition) is 2. The summed E-state index contributed by atoms with van der Waals surface area (Å²) in [6, 6.07) is 12.6. The first-order valence-electron chi connectivity index (χ1n) is 11.0. The number of nitrogens with zero attached hydrogens (tertiary/aromatic N) is 5. The smallest absolute Gasteiger partial charge is 0.232 e. The van der Waals surface area contributed by atoms with E-state index in [-0.39, 0.29) is 10.8 Å². The summed E-state index contributed by atoms with van der Waals surface area (Å²) in [7, 11) is 0.363. The highest BCUT2D eigenvalue weighted by Gasteiger charge is 2.16. The normalized spacial score (nSPS) is 15.0. The number of rotatable bonds is 7. The third-order valence-corrected chi connectivity index (χ3v) is 6.78. The standard InChI is InChI=1S/C23H29N7O3S/c1-29-11-6-12-30(14-13-29)17-9-10-18(20(15-17)33-2)26-22-24-16-25-23(28-22)27-19-7-4-5-8-21(19)34(3,31)32/h4-5,7-10,15-16H,6,11-14H2,1-3H3,(H2,24,25,26,27,28). The average Bonchev–Trinajstić information content (AvgIpc) is 3.04. The lowest BCUT2D eigenvalue weighted by Crippen LogP contribution is -2.28. The van der Waals surface area contributed by atoms with Crippen LogP contribution in [0.4, 0.5) is 29.0 Å². The Hall–Kier alpha value is -3.44. The Morgan fingerprint density at radius 3 is 2.41 bits per heavy atom. The largest absolute Gasteiger partial charge is 0.494 e. The minimum atomic E-state index is -3.41. The van der Waals surface area contributed by atoms with Crippen LogP contribution in [-0.4, -0.2) is 74.9 Å². The third-order valence-electron chi connectivity index (χ3n) is 5.62. The summed E-state index contributed by atoms with van der Waals surface area (Å²) < 4.78 is 29.8. The van der Waals surface area contributed by atoms with Gasteiger partial charge in [0, 0.05) is 37.6 Å². The average molecular weight is 484 g/mol. The van der Waals surface area contributed by atoms with Crippen LogP contribution in [0.2, 0.25) is 0 Å². The van der Waals surface area contributed by atoms with E-state index in [1.807, 2.05) is 12.1 Å². The van der Waals surface area contributed by atoms with E-state index in [0.29, 0.717) is 23.1 Å². The summed E-state index contributed by atoms with van der Waals surface area (Å²) >= 11 is 0. The lowest BCUT2D eigenvalue weighted by Gasteiger charge is -2.24. The maximum Gasteiger partial charge on any atom is 0.232 e. The van der Waals surface area contributed by atoms with Crippen molar-refractivity contribution in [2.24, 2.45) is 0 Å². The van der Waals surface area contributed by atoms with E-state index in [1.165, 1.54) is 12.4 Å². The zero-order valence-corrected chi connectivity index (χ0v) is 20.3. The molecule has 0 bridgehead atoms. The van der Waals surface area contributed by atoms with E-state index in [9.17, 15) is 8.42 Å². The molecule has 11 heteroatoms. The van der Waals surface area contributed by atoms with Crippen LogP contribution >= 0.6 is 0 Å². The number of hydrogen-bond acceptors (Lipinski definition) is 10. The van der Waals surface area contributed by atoms with Gasteiger partial charge < -0.3 is 25.2 Å². The first kappa shape index (κ1) is 23.7. The van der Waals surface area contributed by atoms with Gasteiger partial charge in [-0.1, -0.05) is 12.1 Å². The Labute approximate surface area is 199 Å². The van der Waals surface area contributed by atoms with Crippen molar-refractivity contribution in [1.82, 2.24) is 19.9 Å². The van der Waals surface area contributed by atoms with Gasteiger partial charge in [0.1, 0.15) is 12.1 Å². The summed E-state index contributed by atoms with van der Waals surface area (Å²) in [4.78, 5) is 17.6. The van der Waals surface area contributed by atoms with Crippen LogP contribution in [0.15, 0.2) is 53.7 Å². The van der Waals surface area contributed by atoms with E-state index in [0.717, 1.165) is 44.5 Å². The maximum absolute atomic E-state index is 12.1. The summed E-state index contributed by atoms with van der Waals surface area (Å²) in [5.41, 5.74) is 2.21. The lowest BCUT2D eigenvalue weighted by molar-refractivity contribution is 0.360. The molecule has 180 valence electrons. The highest BCUT2D eigenvalue weighted by atomic mass is 32.2. The van der Waals surface area contributed by atoms with Gasteiger partial charge >= 0.3 is 0 Å². The maximum atomic E-state index is 12.1. The van der Waals surface area contributed by atoms with Gasteiger partial charge in [0.2, 0.25) is 11.9 Å². The number of sulfone groups is 1. The molecule has 0 radical (unpaired) electrons. The molecule has 1 aromatic heterocycles. The van der Waals surface area contributed by atoms with Gasteiger partial charge in [-0.05, 0) is 44.3 Å². The second-order valence-electron chi connectivity index (χ2n) is 8.18. The van der Waals surface area contributed by atoms with E-state index < -0.39 is 9.84 Å². The molecule has 3 aromatic rings. The van der Waals surface area contributed by atoms with Crippen LogP contribution < -0.4 is 20.3 Å². The second kappa shape index (κ2) is 10.2. The SMILES string of the molecule is COc1cc(N2CCCN(C)CC2)ccc1Nc1ncnc(Nc2ccccc2S(C)(=O)=O)n1. The Morgan fingerprint density at radius 1 is 0.941 bits per heavy atom. The number of ether oxygens (including phenoxy) is 1. The molecule has 0 unspecified atom stereocenters. The van der Waals surface area contributed by atoms with E-state index >= 15 is 0 Å². The first-order chi connectivity index (χ1) is 16.3. The number of methoxy groups -OCH3 is 1. The molecule has 0 atom stereocenters. The molecule has 0 spiro atoms. The third kappa shape index (κ3) is 5.72. The summed E-state index contributed by atoms with van der Waals surface area (Å²) in [6.45, 7) is 4.07. The molecule has 1 aliphatic rings. The quantitative estimate of drug-likeness (QED) is 0.520. The zero-order valence-electron chi connectivity index (χ0n) is 19.5. The molecule has 1 aliphatic heterocycles. The molecule has 0 saturated carbocycles. The van der Waals surface area contributed by atoms with Gasteiger partial charge in [0.25, 0.3) is 0 Å². The van der Waals surface area contributed by atoms with Crippen LogP contribution in [0, 0.1) is 0 Å². The first-order valence-corrected chi connectivity index (χ1v) is 12.9. The zero-order chi connectivity index (χ0) is 24.1. The molecule has 4 rings (SSSR count). The van der Waals surface area contributed by atoms with E-state index in [2.05, 4.69) is 48.5 Å². The Kier molecular flexibility index (Phi) is 7.13. The molecule has 2 heterocycles. The van der Waals surface area contributed by atoms with Crippen molar-refractivity contribution in [2.75, 3.05) is 62.1 Å². The molecule has 2 aromatic carbocycles. The van der Waals surface area contributed by atoms with Crippen molar-refractivity contribution in [3.05, 3.63) is 48.8 Å². The van der Waals surface area contributed by atoms with Crippen LogP contribution in [0.25, 0.3) is 0 Å². The van der Waals surface area contributed by atoms with Gasteiger partial charge in [-0.3, -0.25) is 0 Å². The highest BCUT2D eigenvalue weighted by Crippen LogP contribution is 2.32. The minimum Gasteiger partial charge on any atom is -0.494 e. The number of nitrogens with one attached hydrogen (secondary N) is 2. The van der Waals surface area contributed by atoms with Gasteiger partial charge in [-0.15, -0.1) is 0 Å². The number of anilines is 5. The Morgan fingerprint density at radius 2 is 1.68 bits per heavy atom. The highest BCUT2D eigenvalue weighted by molar-refractivity contribution is 7.90. The van der Waals surface area contributed by atoms with Gasteiger partial charge in [-0.25, -0.2) is 18.4 Å². The molecule has 2 N–H and O–H groups in total.